The molecule has 0 saturated heterocycles. The van der Waals surface area contributed by atoms with E-state index in [1.165, 1.54) is 48.2 Å². The molecule has 0 bridgehead atoms. The van der Waals surface area contributed by atoms with Gasteiger partial charge in [0, 0.05) is 12.0 Å². The van der Waals surface area contributed by atoms with E-state index < -0.39 is 0 Å². The smallest absolute Gasteiger partial charge is 0.183 e. The second-order valence-electron chi connectivity index (χ2n) is 10.8. The number of benzene rings is 1. The summed E-state index contributed by atoms with van der Waals surface area (Å²) in [5.74, 6) is 2.11. The molecule has 5 atom stereocenters. The van der Waals surface area contributed by atoms with E-state index in [4.69, 9.17) is 4.98 Å². The summed E-state index contributed by atoms with van der Waals surface area (Å²) >= 11 is 1.86. The number of aromatic nitrogens is 1. The first-order chi connectivity index (χ1) is 15.5. The van der Waals surface area contributed by atoms with E-state index >= 15 is 0 Å². The van der Waals surface area contributed by atoms with Gasteiger partial charge in [0.15, 0.2) is 5.13 Å². The minimum Gasteiger partial charge on any atom is -0.411 e. The molecule has 5 heteroatoms. The molecule has 2 N–H and O–H groups in total. The molecule has 2 aromatic rings. The largest absolute Gasteiger partial charge is 0.411 e. The molecule has 0 radical (unpaired) electrons. The highest BCUT2D eigenvalue weighted by Crippen LogP contribution is 2.65. The molecule has 4 aliphatic carbocycles. The van der Waals surface area contributed by atoms with Gasteiger partial charge in [-0.2, -0.15) is 0 Å². The third-order valence-corrected chi connectivity index (χ3v) is 10.5. The van der Waals surface area contributed by atoms with Gasteiger partial charge < -0.3 is 10.5 Å². The Kier molecular flexibility index (Phi) is 4.76. The van der Waals surface area contributed by atoms with Crippen LogP contribution in [-0.2, 0) is 13.0 Å². The Bertz CT molecular complexity index is 1090. The molecule has 0 unspecified atom stereocenters. The van der Waals surface area contributed by atoms with Crippen LogP contribution in [0.4, 0.5) is 5.13 Å². The van der Waals surface area contributed by atoms with E-state index in [9.17, 15) is 5.21 Å². The number of fused-ring (bicyclic) bond motifs is 7. The third kappa shape index (κ3) is 2.93. The molecule has 2 saturated carbocycles. The van der Waals surface area contributed by atoms with Gasteiger partial charge >= 0.3 is 0 Å². The molecule has 4 nitrogen and oxygen atoms in total. The van der Waals surface area contributed by atoms with Crippen LogP contribution in [0.15, 0.2) is 41.6 Å². The third-order valence-electron chi connectivity index (χ3n) is 9.44. The summed E-state index contributed by atoms with van der Waals surface area (Å²) < 4.78 is 0. The van der Waals surface area contributed by atoms with Crippen molar-refractivity contribution in [1.29, 1.82) is 0 Å². The van der Waals surface area contributed by atoms with Crippen LogP contribution in [0.25, 0.3) is 5.57 Å². The zero-order chi connectivity index (χ0) is 21.9. The zero-order valence-corrected chi connectivity index (χ0v) is 19.9. The van der Waals surface area contributed by atoms with Gasteiger partial charge in [-0.05, 0) is 79.3 Å². The summed E-state index contributed by atoms with van der Waals surface area (Å²) in [5.41, 5.74) is 5.57. The normalized spacial score (nSPS) is 36.6. The zero-order valence-electron chi connectivity index (χ0n) is 19.1. The predicted octanol–water partition coefficient (Wildman–Crippen LogP) is 6.77. The molecule has 2 fully saturated rings. The monoisotopic (exact) mass is 447 g/mol. The minimum atomic E-state index is 0.108. The number of oxime groups is 1. The molecule has 1 aromatic carbocycles. The molecule has 0 spiro atoms. The van der Waals surface area contributed by atoms with Gasteiger partial charge in [0.25, 0.3) is 0 Å². The van der Waals surface area contributed by atoms with E-state index in [-0.39, 0.29) is 10.8 Å². The van der Waals surface area contributed by atoms with E-state index in [2.05, 4.69) is 60.7 Å². The van der Waals surface area contributed by atoms with Gasteiger partial charge in [-0.15, -0.1) is 0 Å². The molecule has 4 aliphatic rings. The van der Waals surface area contributed by atoms with Crippen LogP contribution in [0, 0.1) is 28.6 Å². The Morgan fingerprint density at radius 3 is 2.72 bits per heavy atom. The number of rotatable bonds is 3. The number of aryl methyl sites for hydroxylation is 1. The molecular formula is C27H33N3OS. The second-order valence-corrected chi connectivity index (χ2v) is 11.8. The first-order valence-electron chi connectivity index (χ1n) is 12.2. The van der Waals surface area contributed by atoms with Crippen molar-refractivity contribution < 1.29 is 5.21 Å². The quantitative estimate of drug-likeness (QED) is 0.403. The number of anilines is 1. The van der Waals surface area contributed by atoms with Crippen LogP contribution < -0.4 is 5.32 Å². The molecule has 168 valence electrons. The first kappa shape index (κ1) is 20.5. The average Bonchev–Trinajstić information content (AvgIpc) is 3.38. The summed E-state index contributed by atoms with van der Waals surface area (Å²) in [6.45, 7) is 5.72. The molecule has 0 amide bonds. The number of hydrogen-bond donors (Lipinski definition) is 2. The van der Waals surface area contributed by atoms with Gasteiger partial charge in [0.2, 0.25) is 0 Å². The molecule has 1 heterocycles. The van der Waals surface area contributed by atoms with Crippen molar-refractivity contribution in [2.75, 3.05) is 5.32 Å². The maximum Gasteiger partial charge on any atom is 0.183 e. The van der Waals surface area contributed by atoms with E-state index in [1.807, 2.05) is 11.3 Å². The highest BCUT2D eigenvalue weighted by Gasteiger charge is 2.58. The van der Waals surface area contributed by atoms with Crippen LogP contribution in [0.2, 0.25) is 0 Å². The first-order valence-corrected chi connectivity index (χ1v) is 13.0. The SMILES string of the molecule is C[C@]12CCc3nc(NCc4ccccc4)sc3C1=CC[C@@H]1[C@@H]2CC[C@]2(C)/C(=N/O)CC[C@@H]12. The van der Waals surface area contributed by atoms with Gasteiger partial charge in [0.05, 0.1) is 16.3 Å². The van der Waals surface area contributed by atoms with Crippen molar-refractivity contribution in [2.45, 2.75) is 65.3 Å². The second kappa shape index (κ2) is 7.44. The Hall–Kier alpha value is -2.14. The van der Waals surface area contributed by atoms with Crippen LogP contribution in [0.3, 0.4) is 0 Å². The summed E-state index contributed by atoms with van der Waals surface area (Å²) in [5, 5.41) is 18.0. The van der Waals surface area contributed by atoms with Crippen LogP contribution in [-0.4, -0.2) is 15.9 Å². The number of thiazole rings is 1. The number of allylic oxidation sites excluding steroid dienone is 2. The highest BCUT2D eigenvalue weighted by molar-refractivity contribution is 7.16. The van der Waals surface area contributed by atoms with E-state index in [0.717, 1.165) is 36.1 Å². The standard InChI is InChI=1S/C27H33N3OS/c1-26-15-13-22-24(32-25(29-22)28-16-17-6-4-3-5-7-17)21(26)9-8-18-19-10-11-23(30-31)27(19,2)14-12-20(18)26/h3-7,9,18-20,31H,8,10-16H2,1-2H3,(H,28,29)/b30-23+/t18-,19-,20-,26+,27-/m0/s1. The van der Waals surface area contributed by atoms with Crippen molar-refractivity contribution in [3.8, 4) is 0 Å². The maximum absolute atomic E-state index is 9.60. The maximum atomic E-state index is 9.60. The fourth-order valence-electron chi connectivity index (χ4n) is 7.68. The summed E-state index contributed by atoms with van der Waals surface area (Å²) in [4.78, 5) is 6.44. The number of nitrogens with one attached hydrogen (secondary N) is 1. The lowest BCUT2D eigenvalue weighted by atomic mass is 9.48. The van der Waals surface area contributed by atoms with Gasteiger partial charge in [-0.1, -0.05) is 66.7 Å². The number of nitrogens with zero attached hydrogens (tertiary/aromatic N) is 2. The Morgan fingerprint density at radius 2 is 1.91 bits per heavy atom. The van der Waals surface area contributed by atoms with E-state index in [0.29, 0.717) is 11.8 Å². The van der Waals surface area contributed by atoms with Gasteiger partial charge in [-0.3, -0.25) is 0 Å². The van der Waals surface area contributed by atoms with Crippen molar-refractivity contribution in [3.05, 3.63) is 52.5 Å². The summed E-state index contributed by atoms with van der Waals surface area (Å²) in [6.07, 6.45) is 10.6. The Morgan fingerprint density at radius 1 is 1.09 bits per heavy atom. The minimum absolute atomic E-state index is 0.108. The summed E-state index contributed by atoms with van der Waals surface area (Å²) in [6, 6.07) is 10.6. The fraction of sp³-hybridized carbons (Fsp3) is 0.556. The fourth-order valence-corrected chi connectivity index (χ4v) is 8.86. The predicted molar refractivity (Wildman–Crippen MR) is 131 cm³/mol. The van der Waals surface area contributed by atoms with E-state index in [1.54, 1.807) is 5.57 Å². The lowest BCUT2D eigenvalue weighted by molar-refractivity contribution is 0.0110. The summed E-state index contributed by atoms with van der Waals surface area (Å²) in [7, 11) is 0. The van der Waals surface area contributed by atoms with Crippen molar-refractivity contribution >= 4 is 27.8 Å². The lowest BCUT2D eigenvalue weighted by Crippen LogP contribution is -2.49. The Labute approximate surface area is 194 Å². The van der Waals surface area contributed by atoms with Crippen LogP contribution >= 0.6 is 11.3 Å². The van der Waals surface area contributed by atoms with Crippen molar-refractivity contribution in [3.63, 3.8) is 0 Å². The lowest BCUT2D eigenvalue weighted by Gasteiger charge is -2.56. The Balaban J connectivity index is 1.28. The highest BCUT2D eigenvalue weighted by atomic mass is 32.1. The van der Waals surface area contributed by atoms with Crippen molar-refractivity contribution in [2.24, 2.45) is 33.7 Å². The average molecular weight is 448 g/mol. The molecular weight excluding hydrogens is 414 g/mol. The van der Waals surface area contributed by atoms with Gasteiger partial charge in [-0.25, -0.2) is 4.98 Å². The van der Waals surface area contributed by atoms with Crippen LogP contribution in [0.1, 0.15) is 68.5 Å². The molecule has 1 aromatic heterocycles. The molecule has 32 heavy (non-hydrogen) atoms. The number of hydrogen-bond acceptors (Lipinski definition) is 5. The topological polar surface area (TPSA) is 57.5 Å². The van der Waals surface area contributed by atoms with Crippen molar-refractivity contribution in [1.82, 2.24) is 4.98 Å². The van der Waals surface area contributed by atoms with Crippen LogP contribution in [0.5, 0.6) is 0 Å². The molecule has 0 aliphatic heterocycles. The van der Waals surface area contributed by atoms with Gasteiger partial charge in [0.1, 0.15) is 0 Å². The molecule has 6 rings (SSSR count).